The van der Waals surface area contributed by atoms with Gasteiger partial charge in [-0.05, 0) is 18.2 Å². The molecule has 0 bridgehead atoms. The Morgan fingerprint density at radius 2 is 2.00 bits per heavy atom. The predicted octanol–water partition coefficient (Wildman–Crippen LogP) is 2.01. The fraction of sp³-hybridized carbons (Fsp3) is 0.286. The van der Waals surface area contributed by atoms with Crippen LogP contribution in [-0.4, -0.2) is 26.3 Å². The molecule has 6 heteroatoms. The average Bonchev–Trinajstić information content (AvgIpc) is 2.49. The van der Waals surface area contributed by atoms with Crippen molar-refractivity contribution in [3.05, 3.63) is 35.8 Å². The maximum Gasteiger partial charge on any atom is 0.145 e. The van der Waals surface area contributed by atoms with Crippen molar-refractivity contribution >= 4 is 11.4 Å². The molecule has 0 saturated carbocycles. The van der Waals surface area contributed by atoms with Crippen LogP contribution in [0.1, 0.15) is 0 Å². The fourth-order valence-corrected chi connectivity index (χ4v) is 1.94. The molecular formula is C14H13FN4O. The Bertz CT molecular complexity index is 578. The first-order valence-corrected chi connectivity index (χ1v) is 6.13. The maximum absolute atomic E-state index is 13.4. The Balaban J connectivity index is 2.26. The van der Waals surface area contributed by atoms with Gasteiger partial charge in [0.25, 0.3) is 0 Å². The molecule has 1 fully saturated rings. The summed E-state index contributed by atoms with van der Waals surface area (Å²) in [6, 6.07) is 7.89. The zero-order valence-electron chi connectivity index (χ0n) is 10.8. The monoisotopic (exact) mass is 272 g/mol. The Morgan fingerprint density at radius 3 is 2.65 bits per heavy atom. The number of nitriles is 2. The van der Waals surface area contributed by atoms with E-state index in [2.05, 4.69) is 10.2 Å². The van der Waals surface area contributed by atoms with Crippen molar-refractivity contribution in [2.75, 3.05) is 36.5 Å². The van der Waals surface area contributed by atoms with Gasteiger partial charge in [-0.25, -0.2) is 4.39 Å². The van der Waals surface area contributed by atoms with Crippen LogP contribution in [0.2, 0.25) is 0 Å². The van der Waals surface area contributed by atoms with Crippen LogP contribution in [-0.2, 0) is 4.74 Å². The van der Waals surface area contributed by atoms with Gasteiger partial charge in [-0.1, -0.05) is 0 Å². The van der Waals surface area contributed by atoms with Gasteiger partial charge in [0.2, 0.25) is 0 Å². The summed E-state index contributed by atoms with van der Waals surface area (Å²) < 4.78 is 18.7. The highest BCUT2D eigenvalue weighted by Crippen LogP contribution is 2.27. The lowest BCUT2D eigenvalue weighted by atomic mass is 10.2. The van der Waals surface area contributed by atoms with Crippen LogP contribution in [0.3, 0.4) is 0 Å². The topological polar surface area (TPSA) is 72.1 Å². The molecule has 0 amide bonds. The molecule has 1 aromatic carbocycles. The van der Waals surface area contributed by atoms with Crippen LogP contribution in [0, 0.1) is 28.5 Å². The van der Waals surface area contributed by atoms with Gasteiger partial charge in [-0.15, -0.1) is 0 Å². The molecular weight excluding hydrogens is 259 g/mol. The Kier molecular flexibility index (Phi) is 4.54. The van der Waals surface area contributed by atoms with Gasteiger partial charge in [-0.3, -0.25) is 0 Å². The van der Waals surface area contributed by atoms with Crippen molar-refractivity contribution < 1.29 is 9.13 Å². The molecule has 102 valence electrons. The van der Waals surface area contributed by atoms with Crippen molar-refractivity contribution in [2.45, 2.75) is 0 Å². The number of nitrogens with zero attached hydrogens (tertiary/aromatic N) is 3. The van der Waals surface area contributed by atoms with Crippen LogP contribution >= 0.6 is 0 Å². The second-order valence-electron chi connectivity index (χ2n) is 4.19. The van der Waals surface area contributed by atoms with Gasteiger partial charge >= 0.3 is 0 Å². The third-order valence-electron chi connectivity index (χ3n) is 2.92. The number of hydrogen-bond donors (Lipinski definition) is 1. The Labute approximate surface area is 116 Å². The fourth-order valence-electron chi connectivity index (χ4n) is 1.94. The van der Waals surface area contributed by atoms with E-state index in [4.69, 9.17) is 15.3 Å². The highest BCUT2D eigenvalue weighted by molar-refractivity contribution is 5.71. The van der Waals surface area contributed by atoms with Gasteiger partial charge in [0.15, 0.2) is 0 Å². The van der Waals surface area contributed by atoms with Gasteiger partial charge in [-0.2, -0.15) is 10.5 Å². The van der Waals surface area contributed by atoms with E-state index in [1.807, 2.05) is 0 Å². The molecule has 1 heterocycles. The lowest BCUT2D eigenvalue weighted by molar-refractivity contribution is 0.123. The zero-order chi connectivity index (χ0) is 14.4. The van der Waals surface area contributed by atoms with E-state index in [9.17, 15) is 4.39 Å². The molecule has 0 atom stereocenters. The summed E-state index contributed by atoms with van der Waals surface area (Å²) in [6.07, 6.45) is 1.28. The number of anilines is 2. The molecule has 1 N–H and O–H groups in total. The van der Waals surface area contributed by atoms with Crippen molar-refractivity contribution in [3.8, 4) is 12.1 Å². The average molecular weight is 272 g/mol. The quantitative estimate of drug-likeness (QED) is 0.852. The number of morpholine rings is 1. The molecule has 0 spiro atoms. The summed E-state index contributed by atoms with van der Waals surface area (Å²) in [6.45, 7) is 2.67. The lowest BCUT2D eigenvalue weighted by Gasteiger charge is -2.30. The van der Waals surface area contributed by atoms with Crippen molar-refractivity contribution in [3.63, 3.8) is 0 Å². The number of rotatable bonds is 3. The third kappa shape index (κ3) is 3.25. The number of halogens is 1. The standard InChI is InChI=1S/C14H13FN4O/c15-12-1-2-14(19-3-5-20-6-4-19)13(7-12)18-10-11(8-16)9-17/h1-2,7,10,18H,3-6H2. The molecule has 2 rings (SSSR count). The van der Waals surface area contributed by atoms with Crippen molar-refractivity contribution in [2.24, 2.45) is 0 Å². The largest absolute Gasteiger partial charge is 0.378 e. The van der Waals surface area contributed by atoms with Crippen molar-refractivity contribution in [1.82, 2.24) is 0 Å². The molecule has 1 saturated heterocycles. The third-order valence-corrected chi connectivity index (χ3v) is 2.92. The van der Waals surface area contributed by atoms with E-state index in [1.54, 1.807) is 18.2 Å². The van der Waals surface area contributed by atoms with Crippen LogP contribution < -0.4 is 10.2 Å². The highest BCUT2D eigenvalue weighted by atomic mass is 19.1. The Hall–Kier alpha value is -2.57. The lowest BCUT2D eigenvalue weighted by Crippen LogP contribution is -2.36. The van der Waals surface area contributed by atoms with E-state index >= 15 is 0 Å². The maximum atomic E-state index is 13.4. The number of nitrogens with one attached hydrogen (secondary N) is 1. The zero-order valence-corrected chi connectivity index (χ0v) is 10.8. The summed E-state index contributed by atoms with van der Waals surface area (Å²) >= 11 is 0. The first-order valence-electron chi connectivity index (χ1n) is 6.13. The van der Waals surface area contributed by atoms with Gasteiger partial charge < -0.3 is 15.0 Å². The molecule has 0 unspecified atom stereocenters. The minimum absolute atomic E-state index is 0.0674. The van der Waals surface area contributed by atoms with E-state index in [0.717, 1.165) is 5.69 Å². The summed E-state index contributed by atoms with van der Waals surface area (Å²) in [7, 11) is 0. The second-order valence-corrected chi connectivity index (χ2v) is 4.19. The number of benzene rings is 1. The summed E-state index contributed by atoms with van der Waals surface area (Å²) in [4.78, 5) is 2.07. The van der Waals surface area contributed by atoms with E-state index in [0.29, 0.717) is 32.0 Å². The molecule has 20 heavy (non-hydrogen) atoms. The molecule has 0 aliphatic carbocycles. The molecule has 0 aromatic heterocycles. The number of hydrogen-bond acceptors (Lipinski definition) is 5. The van der Waals surface area contributed by atoms with Crippen LogP contribution in [0.25, 0.3) is 0 Å². The number of allylic oxidation sites excluding steroid dienone is 1. The number of ether oxygens (including phenoxy) is 1. The predicted molar refractivity (Wildman–Crippen MR) is 72.4 cm³/mol. The van der Waals surface area contributed by atoms with E-state index in [1.165, 1.54) is 18.3 Å². The second kappa shape index (κ2) is 6.55. The summed E-state index contributed by atoms with van der Waals surface area (Å²) in [5, 5.41) is 20.2. The van der Waals surface area contributed by atoms with Gasteiger partial charge in [0.1, 0.15) is 23.5 Å². The van der Waals surface area contributed by atoms with Crippen LogP contribution in [0.4, 0.5) is 15.8 Å². The minimum atomic E-state index is -0.381. The van der Waals surface area contributed by atoms with Crippen LogP contribution in [0.15, 0.2) is 30.0 Å². The minimum Gasteiger partial charge on any atom is -0.378 e. The Morgan fingerprint density at radius 1 is 1.30 bits per heavy atom. The SMILES string of the molecule is N#CC(C#N)=CNc1cc(F)ccc1N1CCOCC1. The van der Waals surface area contributed by atoms with E-state index < -0.39 is 0 Å². The summed E-state index contributed by atoms with van der Waals surface area (Å²) in [5.74, 6) is -0.381. The first kappa shape index (κ1) is 13.9. The highest BCUT2D eigenvalue weighted by Gasteiger charge is 2.15. The molecule has 1 aliphatic heterocycles. The van der Waals surface area contributed by atoms with Gasteiger partial charge in [0.05, 0.1) is 24.6 Å². The molecule has 5 nitrogen and oxygen atoms in total. The van der Waals surface area contributed by atoms with E-state index in [-0.39, 0.29) is 11.4 Å². The van der Waals surface area contributed by atoms with Gasteiger partial charge in [0, 0.05) is 19.3 Å². The molecule has 1 aliphatic rings. The molecule has 0 radical (unpaired) electrons. The molecule has 1 aromatic rings. The normalized spacial score (nSPS) is 14.1. The first-order chi connectivity index (χ1) is 9.74. The smallest absolute Gasteiger partial charge is 0.145 e. The summed E-state index contributed by atoms with van der Waals surface area (Å²) in [5.41, 5.74) is 1.28. The van der Waals surface area contributed by atoms with Crippen LogP contribution in [0.5, 0.6) is 0 Å². The van der Waals surface area contributed by atoms with Crippen molar-refractivity contribution in [1.29, 1.82) is 10.5 Å².